The predicted octanol–water partition coefficient (Wildman–Crippen LogP) is 3.03. The van der Waals surface area contributed by atoms with Crippen LogP contribution in [0.1, 0.15) is 15.9 Å². The van der Waals surface area contributed by atoms with Gasteiger partial charge in [0.2, 0.25) is 0 Å². The van der Waals surface area contributed by atoms with Gasteiger partial charge in [0.05, 0.1) is 17.6 Å². The molecule has 0 aliphatic rings. The van der Waals surface area contributed by atoms with E-state index in [1.54, 1.807) is 23.0 Å². The van der Waals surface area contributed by atoms with Crippen LogP contribution in [0.4, 0.5) is 0 Å². The molecule has 4 rings (SSSR count). The van der Waals surface area contributed by atoms with Crippen LogP contribution in [0.2, 0.25) is 0 Å². The number of nitrogens with one attached hydrogen (secondary N) is 1. The number of aromatic nitrogens is 4. The lowest BCUT2D eigenvalue weighted by Crippen LogP contribution is -2.25. The number of hydrogen-bond donors (Lipinski definition) is 1. The third-order valence-corrected chi connectivity index (χ3v) is 4.25. The molecule has 2 heterocycles. The van der Waals surface area contributed by atoms with Gasteiger partial charge in [-0.05, 0) is 54.4 Å². The van der Waals surface area contributed by atoms with Crippen molar-refractivity contribution in [3.8, 4) is 11.4 Å². The summed E-state index contributed by atoms with van der Waals surface area (Å²) in [7, 11) is 0. The van der Waals surface area contributed by atoms with Crippen LogP contribution < -0.4 is 5.32 Å². The van der Waals surface area contributed by atoms with E-state index in [9.17, 15) is 4.79 Å². The third kappa shape index (κ3) is 3.95. The Bertz CT molecular complexity index is 1000. The van der Waals surface area contributed by atoms with Gasteiger partial charge in [-0.25, -0.2) is 9.36 Å². The van der Waals surface area contributed by atoms with E-state index in [1.807, 2.05) is 71.8 Å². The van der Waals surface area contributed by atoms with E-state index in [0.717, 1.165) is 23.4 Å². The fourth-order valence-electron chi connectivity index (χ4n) is 2.82. The van der Waals surface area contributed by atoms with E-state index in [2.05, 4.69) is 15.5 Å². The SMILES string of the molecule is O=C(NCCc1cnn(-c2ccccc2)c1)c1ccc(-n2cccn2)cc1. The molecule has 1 N–H and O–H groups in total. The van der Waals surface area contributed by atoms with E-state index in [0.29, 0.717) is 12.1 Å². The van der Waals surface area contributed by atoms with E-state index in [-0.39, 0.29) is 5.91 Å². The molecular weight excluding hydrogens is 338 g/mol. The van der Waals surface area contributed by atoms with Crippen LogP contribution in [0.15, 0.2) is 85.5 Å². The first-order chi connectivity index (χ1) is 13.3. The van der Waals surface area contributed by atoms with E-state index < -0.39 is 0 Å². The zero-order valence-corrected chi connectivity index (χ0v) is 14.7. The Morgan fingerprint density at radius 1 is 0.889 bits per heavy atom. The molecule has 0 saturated heterocycles. The second-order valence-electron chi connectivity index (χ2n) is 6.13. The van der Waals surface area contributed by atoms with Crippen molar-refractivity contribution in [2.45, 2.75) is 6.42 Å². The van der Waals surface area contributed by atoms with Gasteiger partial charge in [0, 0.05) is 30.7 Å². The van der Waals surface area contributed by atoms with Crippen LogP contribution >= 0.6 is 0 Å². The van der Waals surface area contributed by atoms with E-state index in [4.69, 9.17) is 0 Å². The van der Waals surface area contributed by atoms with Gasteiger partial charge in [0.15, 0.2) is 0 Å². The molecule has 0 fully saturated rings. The maximum absolute atomic E-state index is 12.3. The first kappa shape index (κ1) is 16.8. The molecule has 6 heteroatoms. The van der Waals surface area contributed by atoms with Crippen LogP contribution in [0, 0.1) is 0 Å². The zero-order valence-electron chi connectivity index (χ0n) is 14.7. The zero-order chi connectivity index (χ0) is 18.5. The highest BCUT2D eigenvalue weighted by atomic mass is 16.1. The Labute approximate surface area is 157 Å². The van der Waals surface area contributed by atoms with Crippen molar-refractivity contribution in [2.75, 3.05) is 6.54 Å². The van der Waals surface area contributed by atoms with Crippen LogP contribution in [-0.4, -0.2) is 32.0 Å². The lowest BCUT2D eigenvalue weighted by Gasteiger charge is -2.06. The molecule has 1 amide bonds. The van der Waals surface area contributed by atoms with Crippen LogP contribution in [0.5, 0.6) is 0 Å². The first-order valence-electron chi connectivity index (χ1n) is 8.77. The molecule has 2 aromatic carbocycles. The number of carbonyl (C=O) groups is 1. The Hall–Kier alpha value is -3.67. The summed E-state index contributed by atoms with van der Waals surface area (Å²) in [5, 5.41) is 11.5. The molecule has 27 heavy (non-hydrogen) atoms. The Kier molecular flexibility index (Phi) is 4.78. The number of carbonyl (C=O) groups excluding carboxylic acids is 1. The van der Waals surface area contributed by atoms with Gasteiger partial charge >= 0.3 is 0 Å². The smallest absolute Gasteiger partial charge is 0.251 e. The summed E-state index contributed by atoms with van der Waals surface area (Å²) >= 11 is 0. The van der Waals surface area contributed by atoms with Gasteiger partial charge in [0.25, 0.3) is 5.91 Å². The Morgan fingerprint density at radius 3 is 2.41 bits per heavy atom. The highest BCUT2D eigenvalue weighted by Crippen LogP contribution is 2.10. The first-order valence-corrected chi connectivity index (χ1v) is 8.77. The van der Waals surface area contributed by atoms with Gasteiger partial charge in [-0.15, -0.1) is 0 Å². The van der Waals surface area contributed by atoms with Crippen LogP contribution in [0.3, 0.4) is 0 Å². The number of hydrogen-bond acceptors (Lipinski definition) is 3. The summed E-state index contributed by atoms with van der Waals surface area (Å²) in [5.74, 6) is -0.0857. The molecule has 0 spiro atoms. The number of rotatable bonds is 6. The molecule has 0 aliphatic heterocycles. The quantitative estimate of drug-likeness (QED) is 0.577. The minimum absolute atomic E-state index is 0.0857. The second-order valence-corrected chi connectivity index (χ2v) is 6.13. The maximum atomic E-state index is 12.3. The molecule has 134 valence electrons. The van der Waals surface area contributed by atoms with Crippen molar-refractivity contribution >= 4 is 5.91 Å². The van der Waals surface area contributed by atoms with Crippen molar-refractivity contribution in [1.29, 1.82) is 0 Å². The summed E-state index contributed by atoms with van der Waals surface area (Å²) in [4.78, 5) is 12.3. The standard InChI is InChI=1S/C21H19N5O/c27-21(18-7-9-20(10-8-18)25-14-4-12-23-25)22-13-11-17-15-24-26(16-17)19-5-2-1-3-6-19/h1-10,12,14-16H,11,13H2,(H,22,27). The Balaban J connectivity index is 1.31. The predicted molar refractivity (Wildman–Crippen MR) is 103 cm³/mol. The second kappa shape index (κ2) is 7.70. The number of amides is 1. The topological polar surface area (TPSA) is 64.7 Å². The molecular formula is C21H19N5O. The molecule has 0 atom stereocenters. The van der Waals surface area contributed by atoms with Crippen LogP contribution in [0.25, 0.3) is 11.4 Å². The molecule has 0 aliphatic carbocycles. The van der Waals surface area contributed by atoms with Crippen molar-refractivity contribution in [3.63, 3.8) is 0 Å². The summed E-state index contributed by atoms with van der Waals surface area (Å²) in [6.45, 7) is 0.556. The number of para-hydroxylation sites is 1. The van der Waals surface area contributed by atoms with Gasteiger partial charge in [-0.2, -0.15) is 10.2 Å². The van der Waals surface area contributed by atoms with Crippen molar-refractivity contribution in [2.24, 2.45) is 0 Å². The van der Waals surface area contributed by atoms with Gasteiger partial charge < -0.3 is 5.32 Å². The van der Waals surface area contributed by atoms with Gasteiger partial charge in [0.1, 0.15) is 0 Å². The summed E-state index contributed by atoms with van der Waals surface area (Å²) in [6, 6.07) is 19.2. The summed E-state index contributed by atoms with van der Waals surface area (Å²) in [5.41, 5.74) is 3.65. The van der Waals surface area contributed by atoms with E-state index in [1.165, 1.54) is 0 Å². The van der Waals surface area contributed by atoms with Crippen molar-refractivity contribution < 1.29 is 4.79 Å². The largest absolute Gasteiger partial charge is 0.352 e. The molecule has 0 bridgehead atoms. The summed E-state index contributed by atoms with van der Waals surface area (Å²) < 4.78 is 3.59. The third-order valence-electron chi connectivity index (χ3n) is 4.25. The highest BCUT2D eigenvalue weighted by molar-refractivity contribution is 5.94. The molecule has 6 nitrogen and oxygen atoms in total. The van der Waals surface area contributed by atoms with Crippen LogP contribution in [-0.2, 0) is 6.42 Å². The normalized spacial score (nSPS) is 10.7. The molecule has 0 saturated carbocycles. The number of nitrogens with zero attached hydrogens (tertiary/aromatic N) is 4. The molecule has 0 radical (unpaired) electrons. The maximum Gasteiger partial charge on any atom is 0.251 e. The molecule has 4 aromatic rings. The minimum Gasteiger partial charge on any atom is -0.352 e. The average molecular weight is 357 g/mol. The fraction of sp³-hybridized carbons (Fsp3) is 0.0952. The van der Waals surface area contributed by atoms with Crippen molar-refractivity contribution in [3.05, 3.63) is 96.6 Å². The molecule has 2 aromatic heterocycles. The minimum atomic E-state index is -0.0857. The van der Waals surface area contributed by atoms with Gasteiger partial charge in [-0.1, -0.05) is 18.2 Å². The number of benzene rings is 2. The summed E-state index contributed by atoms with van der Waals surface area (Å²) in [6.07, 6.45) is 8.13. The van der Waals surface area contributed by atoms with E-state index >= 15 is 0 Å². The lowest BCUT2D eigenvalue weighted by atomic mass is 10.2. The Morgan fingerprint density at radius 2 is 1.67 bits per heavy atom. The van der Waals surface area contributed by atoms with Gasteiger partial charge in [-0.3, -0.25) is 4.79 Å². The molecule has 0 unspecified atom stereocenters. The fourth-order valence-corrected chi connectivity index (χ4v) is 2.82. The monoisotopic (exact) mass is 357 g/mol. The highest BCUT2D eigenvalue weighted by Gasteiger charge is 2.06. The average Bonchev–Trinajstić information content (AvgIpc) is 3.41. The van der Waals surface area contributed by atoms with Crippen molar-refractivity contribution in [1.82, 2.24) is 24.9 Å². The lowest BCUT2D eigenvalue weighted by molar-refractivity contribution is 0.0954.